The molecule has 1 aliphatic rings. The fourth-order valence-electron chi connectivity index (χ4n) is 2.83. The zero-order chi connectivity index (χ0) is 14.2. The Bertz CT molecular complexity index is 852. The summed E-state index contributed by atoms with van der Waals surface area (Å²) in [5.74, 6) is 0. The fraction of sp³-hybridized carbons (Fsp3) is 0.286. The van der Waals surface area contributed by atoms with Crippen molar-refractivity contribution in [1.82, 2.24) is 25.4 Å². The van der Waals surface area contributed by atoms with Crippen molar-refractivity contribution in [2.24, 2.45) is 0 Å². The van der Waals surface area contributed by atoms with E-state index < -0.39 is 0 Å². The smallest absolute Gasteiger partial charge is 0.251 e. The van der Waals surface area contributed by atoms with Crippen LogP contribution in [0.2, 0.25) is 0 Å². The summed E-state index contributed by atoms with van der Waals surface area (Å²) < 4.78 is 0. The molecule has 1 atom stereocenters. The lowest BCUT2D eigenvalue weighted by atomic mass is 9.96. The standard InChI is InChI=1S/C14H14N6O/c21-13-7-11(9-2-1-5-15-14(9)17-13)16-8-3-4-10-12(6-8)19-20-18-10/h1-2,5,7-8H,3-4,6H2,(H,18,19,20)(H2,15,16,17,21). The van der Waals surface area contributed by atoms with E-state index in [1.807, 2.05) is 12.1 Å². The van der Waals surface area contributed by atoms with Crippen molar-refractivity contribution in [2.45, 2.75) is 25.3 Å². The Balaban J connectivity index is 1.68. The van der Waals surface area contributed by atoms with E-state index in [-0.39, 0.29) is 11.6 Å². The molecule has 0 saturated heterocycles. The number of hydrogen-bond donors (Lipinski definition) is 3. The average Bonchev–Trinajstić information content (AvgIpc) is 2.94. The predicted molar refractivity (Wildman–Crippen MR) is 78.2 cm³/mol. The maximum atomic E-state index is 11.7. The third kappa shape index (κ3) is 2.16. The quantitative estimate of drug-likeness (QED) is 0.651. The Morgan fingerprint density at radius 1 is 1.29 bits per heavy atom. The average molecular weight is 282 g/mol. The predicted octanol–water partition coefficient (Wildman–Crippen LogP) is 1.01. The van der Waals surface area contributed by atoms with Gasteiger partial charge in [0, 0.05) is 30.1 Å². The topological polar surface area (TPSA) is 99.3 Å². The molecule has 0 saturated carbocycles. The first kappa shape index (κ1) is 12.1. The second-order valence-electron chi connectivity index (χ2n) is 5.25. The summed E-state index contributed by atoms with van der Waals surface area (Å²) in [6, 6.07) is 5.64. The number of aryl methyl sites for hydroxylation is 1. The lowest BCUT2D eigenvalue weighted by molar-refractivity contribution is 0.598. The molecule has 3 N–H and O–H groups in total. The summed E-state index contributed by atoms with van der Waals surface area (Å²) >= 11 is 0. The van der Waals surface area contributed by atoms with Gasteiger partial charge in [0.1, 0.15) is 5.65 Å². The van der Waals surface area contributed by atoms with E-state index in [1.54, 1.807) is 12.3 Å². The highest BCUT2D eigenvalue weighted by atomic mass is 16.1. The van der Waals surface area contributed by atoms with Crippen LogP contribution in [0.25, 0.3) is 11.0 Å². The van der Waals surface area contributed by atoms with Gasteiger partial charge in [-0.15, -0.1) is 0 Å². The first-order chi connectivity index (χ1) is 10.3. The van der Waals surface area contributed by atoms with E-state index in [2.05, 4.69) is 30.7 Å². The first-order valence-electron chi connectivity index (χ1n) is 6.93. The fourth-order valence-corrected chi connectivity index (χ4v) is 2.83. The summed E-state index contributed by atoms with van der Waals surface area (Å²) in [5, 5.41) is 15.3. The Labute approximate surface area is 119 Å². The summed E-state index contributed by atoms with van der Waals surface area (Å²) in [7, 11) is 0. The number of fused-ring (bicyclic) bond motifs is 2. The van der Waals surface area contributed by atoms with Gasteiger partial charge in [-0.1, -0.05) is 0 Å². The highest BCUT2D eigenvalue weighted by molar-refractivity contribution is 5.88. The number of nitrogens with one attached hydrogen (secondary N) is 3. The van der Waals surface area contributed by atoms with Gasteiger partial charge in [0.25, 0.3) is 5.56 Å². The molecule has 0 amide bonds. The highest BCUT2D eigenvalue weighted by Crippen LogP contribution is 2.23. The molecule has 21 heavy (non-hydrogen) atoms. The van der Waals surface area contributed by atoms with Crippen molar-refractivity contribution in [3.8, 4) is 0 Å². The summed E-state index contributed by atoms with van der Waals surface area (Å²) in [6.45, 7) is 0. The Hall–Kier alpha value is -2.70. The molecule has 0 aromatic carbocycles. The number of aromatic amines is 2. The molecular weight excluding hydrogens is 268 g/mol. The van der Waals surface area contributed by atoms with Crippen LogP contribution in [0, 0.1) is 0 Å². The number of aromatic nitrogens is 5. The molecule has 3 heterocycles. The van der Waals surface area contributed by atoms with Gasteiger partial charge in [0.15, 0.2) is 0 Å². The Morgan fingerprint density at radius 2 is 2.19 bits per heavy atom. The molecule has 0 fully saturated rings. The van der Waals surface area contributed by atoms with Gasteiger partial charge in [-0.2, -0.15) is 15.4 Å². The zero-order valence-corrected chi connectivity index (χ0v) is 11.3. The van der Waals surface area contributed by atoms with Crippen LogP contribution in [-0.2, 0) is 12.8 Å². The number of hydrogen-bond acceptors (Lipinski definition) is 5. The molecule has 7 nitrogen and oxygen atoms in total. The van der Waals surface area contributed by atoms with Gasteiger partial charge < -0.3 is 10.3 Å². The molecule has 3 aromatic heterocycles. The summed E-state index contributed by atoms with van der Waals surface area (Å²) in [5.41, 5.74) is 3.32. The highest BCUT2D eigenvalue weighted by Gasteiger charge is 2.22. The van der Waals surface area contributed by atoms with E-state index in [1.165, 1.54) is 0 Å². The minimum absolute atomic E-state index is 0.151. The number of nitrogens with zero attached hydrogens (tertiary/aromatic N) is 3. The molecule has 0 aliphatic heterocycles. The third-order valence-electron chi connectivity index (χ3n) is 3.85. The third-order valence-corrected chi connectivity index (χ3v) is 3.85. The molecule has 3 aromatic rings. The molecule has 4 rings (SSSR count). The Kier molecular flexibility index (Phi) is 2.70. The van der Waals surface area contributed by atoms with Crippen LogP contribution in [-0.4, -0.2) is 31.4 Å². The first-order valence-corrected chi connectivity index (χ1v) is 6.93. The lowest BCUT2D eigenvalue weighted by Crippen LogP contribution is -2.28. The Morgan fingerprint density at radius 3 is 3.14 bits per heavy atom. The molecule has 0 radical (unpaired) electrons. The normalized spacial score (nSPS) is 17.6. The van der Waals surface area contributed by atoms with E-state index in [0.29, 0.717) is 5.65 Å². The van der Waals surface area contributed by atoms with Crippen LogP contribution >= 0.6 is 0 Å². The van der Waals surface area contributed by atoms with Crippen LogP contribution in [0.3, 0.4) is 0 Å². The van der Waals surface area contributed by atoms with Gasteiger partial charge in [-0.25, -0.2) is 4.98 Å². The van der Waals surface area contributed by atoms with Gasteiger partial charge >= 0.3 is 0 Å². The van der Waals surface area contributed by atoms with E-state index in [0.717, 1.165) is 41.7 Å². The van der Waals surface area contributed by atoms with Crippen molar-refractivity contribution < 1.29 is 0 Å². The van der Waals surface area contributed by atoms with E-state index in [9.17, 15) is 4.79 Å². The van der Waals surface area contributed by atoms with Crippen molar-refractivity contribution in [3.05, 3.63) is 46.1 Å². The summed E-state index contributed by atoms with van der Waals surface area (Å²) in [4.78, 5) is 18.7. The maximum Gasteiger partial charge on any atom is 0.251 e. The summed E-state index contributed by atoms with van der Waals surface area (Å²) in [6.07, 6.45) is 4.34. The number of rotatable bonds is 2. The number of H-pyrrole nitrogens is 2. The van der Waals surface area contributed by atoms with Gasteiger partial charge in [0.05, 0.1) is 17.1 Å². The monoisotopic (exact) mass is 282 g/mol. The minimum atomic E-state index is -0.151. The van der Waals surface area contributed by atoms with Crippen LogP contribution in [0.5, 0.6) is 0 Å². The van der Waals surface area contributed by atoms with E-state index >= 15 is 0 Å². The van der Waals surface area contributed by atoms with Gasteiger partial charge in [0.2, 0.25) is 0 Å². The van der Waals surface area contributed by atoms with Crippen molar-refractivity contribution in [3.63, 3.8) is 0 Å². The largest absolute Gasteiger partial charge is 0.381 e. The van der Waals surface area contributed by atoms with Crippen LogP contribution in [0.15, 0.2) is 29.2 Å². The molecule has 1 aliphatic carbocycles. The molecule has 7 heteroatoms. The molecule has 1 unspecified atom stereocenters. The number of anilines is 1. The molecule has 0 spiro atoms. The van der Waals surface area contributed by atoms with Crippen LogP contribution < -0.4 is 10.9 Å². The maximum absolute atomic E-state index is 11.7. The van der Waals surface area contributed by atoms with Crippen molar-refractivity contribution in [2.75, 3.05) is 5.32 Å². The second-order valence-corrected chi connectivity index (χ2v) is 5.25. The molecule has 0 bridgehead atoms. The zero-order valence-electron chi connectivity index (χ0n) is 11.3. The van der Waals surface area contributed by atoms with Crippen molar-refractivity contribution >= 4 is 16.7 Å². The van der Waals surface area contributed by atoms with E-state index in [4.69, 9.17) is 0 Å². The molecular formula is C14H14N6O. The second kappa shape index (κ2) is 4.69. The van der Waals surface area contributed by atoms with Gasteiger partial charge in [-0.05, 0) is 25.0 Å². The van der Waals surface area contributed by atoms with Crippen LogP contribution in [0.1, 0.15) is 17.8 Å². The lowest BCUT2D eigenvalue weighted by Gasteiger charge is -2.23. The van der Waals surface area contributed by atoms with Gasteiger partial charge in [-0.3, -0.25) is 4.79 Å². The minimum Gasteiger partial charge on any atom is -0.381 e. The SMILES string of the molecule is O=c1cc(NC2CCc3n[nH]nc3C2)c2cccnc2[nH]1. The van der Waals surface area contributed by atoms with Crippen molar-refractivity contribution in [1.29, 1.82) is 0 Å². The molecule has 106 valence electrons. The van der Waals surface area contributed by atoms with Crippen LogP contribution in [0.4, 0.5) is 5.69 Å². The number of pyridine rings is 2.